The van der Waals surface area contributed by atoms with E-state index in [4.69, 9.17) is 17.3 Å². The normalized spacial score (nSPS) is 23.5. The molecule has 2 aliphatic heterocycles. The summed E-state index contributed by atoms with van der Waals surface area (Å²) in [5, 5.41) is 0.588. The molecule has 0 unspecified atom stereocenters. The predicted molar refractivity (Wildman–Crippen MR) is 63.9 cm³/mol. The molecule has 0 saturated carbocycles. The lowest BCUT2D eigenvalue weighted by Gasteiger charge is -2.31. The molecule has 0 bridgehead atoms. The third-order valence-corrected chi connectivity index (χ3v) is 3.01. The summed E-state index contributed by atoms with van der Waals surface area (Å²) in [6.07, 6.45) is 8.98. The molecular formula is C11H16ClN3. The van der Waals surface area contributed by atoms with E-state index in [9.17, 15) is 0 Å². The van der Waals surface area contributed by atoms with Gasteiger partial charge in [-0.25, -0.2) is 4.99 Å². The molecule has 0 aromatic rings. The van der Waals surface area contributed by atoms with Gasteiger partial charge in [-0.2, -0.15) is 0 Å². The van der Waals surface area contributed by atoms with Gasteiger partial charge in [-0.15, -0.1) is 0 Å². The smallest absolute Gasteiger partial charge is 0.129 e. The quantitative estimate of drug-likeness (QED) is 0.640. The molecule has 0 aliphatic carbocycles. The highest BCUT2D eigenvalue weighted by Gasteiger charge is 2.18. The number of aliphatic imine (C=N–C) groups is 1. The topological polar surface area (TPSA) is 41.6 Å². The molecule has 0 spiro atoms. The number of amidine groups is 1. The SMILES string of the molecule is NC1CCN(C2=NC(Cl)=CCC=C2)CC1. The molecule has 0 amide bonds. The van der Waals surface area contributed by atoms with Crippen LogP contribution in [0.5, 0.6) is 0 Å². The van der Waals surface area contributed by atoms with E-state index < -0.39 is 0 Å². The van der Waals surface area contributed by atoms with E-state index >= 15 is 0 Å². The summed E-state index contributed by atoms with van der Waals surface area (Å²) in [5.41, 5.74) is 5.86. The van der Waals surface area contributed by atoms with Crippen molar-refractivity contribution >= 4 is 17.4 Å². The Balaban J connectivity index is 2.06. The van der Waals surface area contributed by atoms with E-state index in [0.29, 0.717) is 11.2 Å². The molecule has 0 radical (unpaired) electrons. The first-order valence-electron chi connectivity index (χ1n) is 5.37. The Labute approximate surface area is 95.3 Å². The fraction of sp³-hybridized carbons (Fsp3) is 0.545. The van der Waals surface area contributed by atoms with Crippen molar-refractivity contribution in [3.63, 3.8) is 0 Å². The lowest BCUT2D eigenvalue weighted by atomic mass is 10.1. The molecule has 2 N–H and O–H groups in total. The van der Waals surface area contributed by atoms with Crippen molar-refractivity contribution in [3.8, 4) is 0 Å². The monoisotopic (exact) mass is 225 g/mol. The van der Waals surface area contributed by atoms with Crippen LogP contribution in [-0.2, 0) is 0 Å². The van der Waals surface area contributed by atoms with Gasteiger partial charge in [0, 0.05) is 19.1 Å². The number of hydrogen-bond donors (Lipinski definition) is 1. The molecule has 0 aromatic heterocycles. The maximum absolute atomic E-state index is 5.95. The number of nitrogens with two attached hydrogens (primary N) is 1. The molecular weight excluding hydrogens is 210 g/mol. The number of allylic oxidation sites excluding steroid dienone is 2. The fourth-order valence-corrected chi connectivity index (χ4v) is 2.01. The van der Waals surface area contributed by atoms with E-state index in [1.165, 1.54) is 0 Å². The number of rotatable bonds is 0. The van der Waals surface area contributed by atoms with E-state index in [1.54, 1.807) is 0 Å². The van der Waals surface area contributed by atoms with Gasteiger partial charge in [-0.1, -0.05) is 17.7 Å². The molecule has 3 nitrogen and oxygen atoms in total. The fourth-order valence-electron chi connectivity index (χ4n) is 1.84. The van der Waals surface area contributed by atoms with Crippen LogP contribution >= 0.6 is 11.6 Å². The van der Waals surface area contributed by atoms with E-state index in [2.05, 4.69) is 16.0 Å². The lowest BCUT2D eigenvalue weighted by Crippen LogP contribution is -2.42. The van der Waals surface area contributed by atoms with Gasteiger partial charge in [-0.3, -0.25) is 0 Å². The average Bonchev–Trinajstić information content (AvgIpc) is 2.44. The van der Waals surface area contributed by atoms with Gasteiger partial charge in [0.2, 0.25) is 0 Å². The van der Waals surface area contributed by atoms with Crippen LogP contribution in [0.25, 0.3) is 0 Å². The van der Waals surface area contributed by atoms with Gasteiger partial charge in [0.1, 0.15) is 11.0 Å². The highest BCUT2D eigenvalue weighted by atomic mass is 35.5. The molecule has 1 fully saturated rings. The Morgan fingerprint density at radius 3 is 2.87 bits per heavy atom. The van der Waals surface area contributed by atoms with Crippen LogP contribution in [0, 0.1) is 0 Å². The Morgan fingerprint density at radius 1 is 1.40 bits per heavy atom. The Morgan fingerprint density at radius 2 is 2.13 bits per heavy atom. The number of nitrogens with zero attached hydrogens (tertiary/aromatic N) is 2. The second-order valence-electron chi connectivity index (χ2n) is 3.96. The number of likely N-dealkylation sites (tertiary alicyclic amines) is 1. The largest absolute Gasteiger partial charge is 0.356 e. The minimum atomic E-state index is 0.350. The van der Waals surface area contributed by atoms with E-state index in [-0.39, 0.29) is 0 Å². The van der Waals surface area contributed by atoms with E-state index in [0.717, 1.165) is 38.2 Å². The maximum Gasteiger partial charge on any atom is 0.129 e. The zero-order chi connectivity index (χ0) is 10.7. The minimum absolute atomic E-state index is 0.350. The van der Waals surface area contributed by atoms with Crippen LogP contribution in [0.15, 0.2) is 28.4 Å². The number of halogens is 1. The van der Waals surface area contributed by atoms with Crippen molar-refractivity contribution in [1.29, 1.82) is 0 Å². The van der Waals surface area contributed by atoms with Crippen LogP contribution in [0.3, 0.4) is 0 Å². The second-order valence-corrected chi connectivity index (χ2v) is 4.35. The van der Waals surface area contributed by atoms with Crippen LogP contribution < -0.4 is 5.73 Å². The summed E-state index contributed by atoms with van der Waals surface area (Å²) in [6.45, 7) is 1.96. The number of hydrogen-bond acceptors (Lipinski definition) is 3. The standard InChI is InChI=1S/C11H16ClN3/c12-10-3-1-2-4-11(14-10)15-7-5-9(13)6-8-15/h2-4,9H,1,5-8,13H2. The molecule has 4 heteroatoms. The summed E-state index contributed by atoms with van der Waals surface area (Å²) in [4.78, 5) is 6.62. The van der Waals surface area contributed by atoms with Crippen molar-refractivity contribution < 1.29 is 0 Å². The molecule has 2 rings (SSSR count). The van der Waals surface area contributed by atoms with Crippen LogP contribution in [0.2, 0.25) is 0 Å². The third kappa shape index (κ3) is 2.83. The Hall–Kier alpha value is -0.800. The van der Waals surface area contributed by atoms with Gasteiger partial charge < -0.3 is 10.6 Å². The van der Waals surface area contributed by atoms with Gasteiger partial charge in [0.05, 0.1) is 0 Å². The first-order valence-corrected chi connectivity index (χ1v) is 5.75. The second kappa shape index (κ2) is 4.81. The van der Waals surface area contributed by atoms with Crippen molar-refractivity contribution in [2.45, 2.75) is 25.3 Å². The van der Waals surface area contributed by atoms with Gasteiger partial charge in [0.25, 0.3) is 0 Å². The molecule has 0 aromatic carbocycles. The molecule has 0 atom stereocenters. The van der Waals surface area contributed by atoms with Crippen molar-refractivity contribution in [3.05, 3.63) is 23.4 Å². The van der Waals surface area contributed by atoms with Gasteiger partial charge >= 0.3 is 0 Å². The third-order valence-electron chi connectivity index (χ3n) is 2.77. The van der Waals surface area contributed by atoms with Gasteiger partial charge in [-0.05, 0) is 31.4 Å². The van der Waals surface area contributed by atoms with E-state index in [1.807, 2.05) is 12.2 Å². The van der Waals surface area contributed by atoms with Gasteiger partial charge in [0.15, 0.2) is 0 Å². The lowest BCUT2D eigenvalue weighted by molar-refractivity contribution is 0.315. The van der Waals surface area contributed by atoms with Crippen LogP contribution in [-0.4, -0.2) is 29.9 Å². The zero-order valence-electron chi connectivity index (χ0n) is 8.69. The van der Waals surface area contributed by atoms with Crippen LogP contribution in [0.1, 0.15) is 19.3 Å². The summed E-state index contributed by atoms with van der Waals surface area (Å²) >= 11 is 5.95. The highest BCUT2D eigenvalue weighted by Crippen LogP contribution is 2.15. The molecule has 15 heavy (non-hydrogen) atoms. The first-order chi connectivity index (χ1) is 7.25. The van der Waals surface area contributed by atoms with Crippen molar-refractivity contribution in [2.75, 3.05) is 13.1 Å². The number of piperidine rings is 1. The average molecular weight is 226 g/mol. The minimum Gasteiger partial charge on any atom is -0.356 e. The zero-order valence-corrected chi connectivity index (χ0v) is 9.45. The first kappa shape index (κ1) is 10.7. The van der Waals surface area contributed by atoms with Crippen molar-refractivity contribution in [1.82, 2.24) is 4.90 Å². The Bertz CT molecular complexity index is 312. The van der Waals surface area contributed by atoms with Crippen molar-refractivity contribution in [2.24, 2.45) is 10.7 Å². The summed E-state index contributed by atoms with van der Waals surface area (Å²) < 4.78 is 0. The summed E-state index contributed by atoms with van der Waals surface area (Å²) in [7, 11) is 0. The summed E-state index contributed by atoms with van der Waals surface area (Å²) in [6, 6.07) is 0.350. The highest BCUT2D eigenvalue weighted by molar-refractivity contribution is 6.30. The Kier molecular flexibility index (Phi) is 3.44. The molecule has 82 valence electrons. The molecule has 2 heterocycles. The van der Waals surface area contributed by atoms with Crippen LogP contribution in [0.4, 0.5) is 0 Å². The predicted octanol–water partition coefficient (Wildman–Crippen LogP) is 1.85. The molecule has 2 aliphatic rings. The maximum atomic E-state index is 5.95. The molecule has 1 saturated heterocycles. The summed E-state index contributed by atoms with van der Waals surface area (Å²) in [5.74, 6) is 0.973.